The summed E-state index contributed by atoms with van der Waals surface area (Å²) in [7, 11) is 1.60. The smallest absolute Gasteiger partial charge is 0.427 e. The second-order valence-corrected chi connectivity index (χ2v) is 7.52. The van der Waals surface area contributed by atoms with Crippen molar-refractivity contribution in [1.29, 1.82) is 0 Å². The maximum Gasteiger partial charge on any atom is 0.427 e. The molecule has 154 valence electrons. The summed E-state index contributed by atoms with van der Waals surface area (Å²) in [6, 6.07) is 7.37. The minimum Gasteiger partial charge on any atom is -0.497 e. The van der Waals surface area contributed by atoms with E-state index in [0.717, 1.165) is 17.5 Å². The van der Waals surface area contributed by atoms with E-state index >= 15 is 0 Å². The van der Waals surface area contributed by atoms with Crippen LogP contribution in [0.15, 0.2) is 35.0 Å². The summed E-state index contributed by atoms with van der Waals surface area (Å²) >= 11 is 0.677. The highest BCUT2D eigenvalue weighted by atomic mass is 32.1. The number of hydrogen-bond donors (Lipinski definition) is 0. The molecule has 0 spiro atoms. The molecule has 0 unspecified atom stereocenters. The molecule has 1 saturated heterocycles. The molecule has 0 atom stereocenters. The number of benzene rings is 1. The third kappa shape index (κ3) is 4.51. The molecule has 4 rings (SSSR count). The molecule has 3 heterocycles. The zero-order valence-corrected chi connectivity index (χ0v) is 16.3. The van der Waals surface area contributed by atoms with E-state index in [1.54, 1.807) is 7.11 Å². The lowest BCUT2D eigenvalue weighted by Gasteiger charge is -2.33. The molecule has 29 heavy (non-hydrogen) atoms. The first-order valence-corrected chi connectivity index (χ1v) is 9.71. The fourth-order valence-corrected chi connectivity index (χ4v) is 3.84. The molecule has 0 radical (unpaired) electrons. The molecule has 2 aromatic heterocycles. The van der Waals surface area contributed by atoms with Crippen molar-refractivity contribution in [2.75, 3.05) is 38.2 Å². The van der Waals surface area contributed by atoms with Crippen LogP contribution in [0.25, 0.3) is 11.4 Å². The minimum atomic E-state index is -4.35. The number of rotatable bonds is 5. The van der Waals surface area contributed by atoms with Crippen molar-refractivity contribution in [2.45, 2.75) is 12.7 Å². The highest BCUT2D eigenvalue weighted by molar-refractivity contribution is 7.15. The fraction of sp³-hybridized carbons (Fsp3) is 0.389. The van der Waals surface area contributed by atoms with E-state index in [-0.39, 0.29) is 0 Å². The average Bonchev–Trinajstić information content (AvgIpc) is 3.38. The van der Waals surface area contributed by atoms with E-state index in [1.165, 1.54) is 0 Å². The van der Waals surface area contributed by atoms with Crippen LogP contribution >= 0.6 is 11.3 Å². The number of alkyl halides is 3. The lowest BCUT2D eigenvalue weighted by Crippen LogP contribution is -2.46. The van der Waals surface area contributed by atoms with Crippen molar-refractivity contribution in [3.63, 3.8) is 0 Å². The second-order valence-electron chi connectivity index (χ2n) is 6.51. The maximum atomic E-state index is 12.7. The van der Waals surface area contributed by atoms with Gasteiger partial charge in [0.2, 0.25) is 11.7 Å². The number of anilines is 1. The molecule has 3 aromatic rings. The SMILES string of the molecule is COc1ccc(-c2noc(CN3CCN(c4ncc(C(F)(F)F)s4)CC3)n2)cc1. The van der Waals surface area contributed by atoms with Crippen LogP contribution in [0, 0.1) is 0 Å². The average molecular weight is 425 g/mol. The van der Waals surface area contributed by atoms with Crippen LogP contribution in [0.4, 0.5) is 18.3 Å². The summed E-state index contributed by atoms with van der Waals surface area (Å²) in [4.78, 5) is 11.7. The van der Waals surface area contributed by atoms with Crippen molar-refractivity contribution < 1.29 is 22.4 Å². The Morgan fingerprint density at radius 3 is 2.48 bits per heavy atom. The predicted molar refractivity (Wildman–Crippen MR) is 101 cm³/mol. The van der Waals surface area contributed by atoms with Crippen LogP contribution in [0.3, 0.4) is 0 Å². The van der Waals surface area contributed by atoms with Gasteiger partial charge in [0.1, 0.15) is 10.6 Å². The number of halogens is 3. The molecule has 0 amide bonds. The largest absolute Gasteiger partial charge is 0.497 e. The molecule has 1 aliphatic heterocycles. The summed E-state index contributed by atoms with van der Waals surface area (Å²) in [5.74, 6) is 1.75. The van der Waals surface area contributed by atoms with Gasteiger partial charge in [-0.2, -0.15) is 18.2 Å². The van der Waals surface area contributed by atoms with Gasteiger partial charge in [-0.25, -0.2) is 4.98 Å². The molecular formula is C18H18F3N5O2S. The van der Waals surface area contributed by atoms with Crippen molar-refractivity contribution in [1.82, 2.24) is 20.0 Å². The van der Waals surface area contributed by atoms with E-state index < -0.39 is 11.1 Å². The zero-order chi connectivity index (χ0) is 20.4. The predicted octanol–water partition coefficient (Wildman–Crippen LogP) is 3.54. The lowest BCUT2D eigenvalue weighted by molar-refractivity contribution is -0.134. The van der Waals surface area contributed by atoms with Gasteiger partial charge in [-0.15, -0.1) is 0 Å². The monoisotopic (exact) mass is 425 g/mol. The Kier molecular flexibility index (Phi) is 5.41. The summed E-state index contributed by atoms with van der Waals surface area (Å²) in [6.07, 6.45) is -3.46. The van der Waals surface area contributed by atoms with Crippen LogP contribution in [0.5, 0.6) is 5.75 Å². The van der Waals surface area contributed by atoms with E-state index in [2.05, 4.69) is 20.0 Å². The van der Waals surface area contributed by atoms with Gasteiger partial charge in [-0.1, -0.05) is 16.5 Å². The number of piperazine rings is 1. The van der Waals surface area contributed by atoms with Gasteiger partial charge in [0.25, 0.3) is 0 Å². The first-order valence-electron chi connectivity index (χ1n) is 8.90. The van der Waals surface area contributed by atoms with Crippen molar-refractivity contribution in [3.8, 4) is 17.1 Å². The Balaban J connectivity index is 1.33. The molecule has 1 aliphatic rings. The minimum absolute atomic E-state index is 0.400. The number of nitrogens with zero attached hydrogens (tertiary/aromatic N) is 5. The normalized spacial score (nSPS) is 15.7. The maximum absolute atomic E-state index is 12.7. The highest BCUT2D eigenvalue weighted by Gasteiger charge is 2.34. The van der Waals surface area contributed by atoms with Crippen LogP contribution in [-0.2, 0) is 12.7 Å². The molecular weight excluding hydrogens is 407 g/mol. The highest BCUT2D eigenvalue weighted by Crippen LogP contribution is 2.36. The number of thiazole rings is 1. The third-order valence-corrected chi connectivity index (χ3v) is 5.69. The standard InChI is InChI=1S/C18H18F3N5O2S/c1-27-13-4-2-12(3-5-13)16-23-15(28-24-16)11-25-6-8-26(9-7-25)17-22-10-14(29-17)18(19,20)21/h2-5,10H,6-9,11H2,1H3. The summed E-state index contributed by atoms with van der Waals surface area (Å²) in [5.41, 5.74) is 0.829. The van der Waals surface area contributed by atoms with E-state index in [0.29, 0.717) is 60.9 Å². The molecule has 1 aromatic carbocycles. The summed E-state index contributed by atoms with van der Waals surface area (Å²) < 4.78 is 48.7. The lowest BCUT2D eigenvalue weighted by atomic mass is 10.2. The molecule has 1 fully saturated rings. The van der Waals surface area contributed by atoms with Gasteiger partial charge in [0.15, 0.2) is 5.13 Å². The Morgan fingerprint density at radius 2 is 1.86 bits per heavy atom. The molecule has 7 nitrogen and oxygen atoms in total. The quantitative estimate of drug-likeness (QED) is 0.619. The van der Waals surface area contributed by atoms with E-state index in [4.69, 9.17) is 9.26 Å². The van der Waals surface area contributed by atoms with Crippen LogP contribution in [0.1, 0.15) is 10.8 Å². The first-order chi connectivity index (χ1) is 13.9. The van der Waals surface area contributed by atoms with Crippen molar-refractivity contribution in [2.24, 2.45) is 0 Å². The summed E-state index contributed by atoms with van der Waals surface area (Å²) in [5, 5.41) is 4.42. The number of aromatic nitrogens is 3. The third-order valence-electron chi connectivity index (χ3n) is 4.59. The van der Waals surface area contributed by atoms with Gasteiger partial charge < -0.3 is 14.2 Å². The van der Waals surface area contributed by atoms with Gasteiger partial charge in [0, 0.05) is 31.7 Å². The Morgan fingerprint density at radius 1 is 1.14 bits per heavy atom. The number of ether oxygens (including phenoxy) is 1. The van der Waals surface area contributed by atoms with E-state index in [9.17, 15) is 13.2 Å². The topological polar surface area (TPSA) is 67.5 Å². The fourth-order valence-electron chi connectivity index (χ4n) is 3.01. The number of hydrogen-bond acceptors (Lipinski definition) is 8. The Bertz CT molecular complexity index is 949. The molecule has 0 aliphatic carbocycles. The molecule has 11 heteroatoms. The van der Waals surface area contributed by atoms with Gasteiger partial charge in [0.05, 0.1) is 19.9 Å². The second kappa shape index (κ2) is 7.99. The van der Waals surface area contributed by atoms with Crippen molar-refractivity contribution in [3.05, 3.63) is 41.2 Å². The zero-order valence-electron chi connectivity index (χ0n) is 15.5. The van der Waals surface area contributed by atoms with Gasteiger partial charge in [-0.3, -0.25) is 4.90 Å². The van der Waals surface area contributed by atoms with E-state index in [1.807, 2.05) is 29.2 Å². The molecule has 0 saturated carbocycles. The van der Waals surface area contributed by atoms with Crippen molar-refractivity contribution >= 4 is 16.5 Å². The van der Waals surface area contributed by atoms with Gasteiger partial charge in [-0.05, 0) is 24.3 Å². The Hall–Kier alpha value is -2.66. The van der Waals surface area contributed by atoms with Crippen LogP contribution in [-0.4, -0.2) is 53.3 Å². The number of methoxy groups -OCH3 is 1. The van der Waals surface area contributed by atoms with Gasteiger partial charge >= 0.3 is 6.18 Å². The first kappa shape index (κ1) is 19.6. The molecule has 0 bridgehead atoms. The van der Waals surface area contributed by atoms with Crippen LogP contribution < -0.4 is 9.64 Å². The summed E-state index contributed by atoms with van der Waals surface area (Å²) in [6.45, 7) is 3.00. The van der Waals surface area contributed by atoms with Crippen LogP contribution in [0.2, 0.25) is 0 Å². The Labute approximate surface area is 168 Å². The molecule has 0 N–H and O–H groups in total.